The Labute approximate surface area is 218 Å². The van der Waals surface area contributed by atoms with Gasteiger partial charge in [-0.3, -0.25) is 9.80 Å². The van der Waals surface area contributed by atoms with Gasteiger partial charge in [0.25, 0.3) is 0 Å². The number of hydrogen-bond acceptors (Lipinski definition) is 5. The summed E-state index contributed by atoms with van der Waals surface area (Å²) in [5, 5.41) is 12.7. The molecule has 1 heterocycles. The Bertz CT molecular complexity index is 1220. The number of aliphatic hydroxyl groups is 1. The molecule has 2 N–H and O–H groups in total. The number of amides is 3. The zero-order valence-corrected chi connectivity index (χ0v) is 21.0. The number of β-amino-alcohol motifs (C(OH)–C–C–N with tert-alkyl or cyclic N) is 1. The summed E-state index contributed by atoms with van der Waals surface area (Å²) in [7, 11) is 2.64. The maximum atomic E-state index is 14.1. The summed E-state index contributed by atoms with van der Waals surface area (Å²) >= 11 is 0. The molecule has 1 saturated heterocycles. The molecule has 1 fully saturated rings. The van der Waals surface area contributed by atoms with Crippen molar-refractivity contribution >= 4 is 23.5 Å². The first-order valence-corrected chi connectivity index (χ1v) is 11.5. The number of halogens is 7. The lowest BCUT2D eigenvalue weighted by molar-refractivity contribution is -0.143. The lowest BCUT2D eigenvalue weighted by atomic mass is 9.99. The van der Waals surface area contributed by atoms with Crippen molar-refractivity contribution in [2.24, 2.45) is 0 Å². The van der Waals surface area contributed by atoms with Crippen molar-refractivity contribution in [3.05, 3.63) is 52.8 Å². The molecule has 3 amide bonds. The maximum Gasteiger partial charge on any atom is 0.420 e. The van der Waals surface area contributed by atoms with Crippen molar-refractivity contribution in [1.82, 2.24) is 10.2 Å². The molecule has 2 aromatic carbocycles. The van der Waals surface area contributed by atoms with Crippen LogP contribution in [0.25, 0.3) is 0 Å². The van der Waals surface area contributed by atoms with Crippen molar-refractivity contribution in [3.8, 4) is 5.75 Å². The quantitative estimate of drug-likeness (QED) is 0.478. The maximum absolute atomic E-state index is 14.1. The van der Waals surface area contributed by atoms with E-state index < -0.39 is 64.5 Å². The minimum Gasteiger partial charge on any atom is -0.407 e. The molecular weight excluding hydrogens is 541 g/mol. The third kappa shape index (κ3) is 6.53. The molecule has 2 aromatic rings. The number of benzene rings is 2. The van der Waals surface area contributed by atoms with E-state index in [1.807, 2.05) is 0 Å². The number of nitrogens with zero attached hydrogens (tertiary/aromatic N) is 3. The molecular formula is C24H25F7N4O4. The highest BCUT2D eigenvalue weighted by Gasteiger charge is 2.45. The molecule has 8 nitrogen and oxygen atoms in total. The molecule has 15 heteroatoms. The van der Waals surface area contributed by atoms with Crippen molar-refractivity contribution < 1.29 is 50.2 Å². The zero-order valence-electron chi connectivity index (χ0n) is 21.0. The minimum atomic E-state index is -5.42. The topological polar surface area (TPSA) is 85.3 Å². The van der Waals surface area contributed by atoms with Gasteiger partial charge in [0.2, 0.25) is 0 Å². The average Bonchev–Trinajstić information content (AvgIpc) is 3.17. The van der Waals surface area contributed by atoms with Crippen LogP contribution in [-0.2, 0) is 12.4 Å². The molecule has 0 radical (unpaired) electrons. The molecule has 0 spiro atoms. The van der Waals surface area contributed by atoms with E-state index in [9.17, 15) is 45.4 Å². The standard InChI is InChI=1S/C24H25F7N4O4/c1-13-17(23(26,27)28)10-18(24(29,30)31)20(39-22(38)33(3)15-6-4-14(25)5-7-15)19(13)35-9-8-34(21(35)37)12-16(36)11-32-2/h4-7,10,16,32,36H,8-9,11-12H2,1-3H3. The van der Waals surface area contributed by atoms with Crippen LogP contribution in [0.15, 0.2) is 30.3 Å². The van der Waals surface area contributed by atoms with E-state index in [0.29, 0.717) is 4.90 Å². The highest BCUT2D eigenvalue weighted by atomic mass is 19.4. The van der Waals surface area contributed by atoms with Gasteiger partial charge in [0, 0.05) is 38.9 Å². The lowest BCUT2D eigenvalue weighted by Gasteiger charge is -2.28. The Morgan fingerprint density at radius 3 is 2.23 bits per heavy atom. The second kappa shape index (κ2) is 11.3. The van der Waals surface area contributed by atoms with E-state index in [0.717, 1.165) is 48.0 Å². The van der Waals surface area contributed by atoms with Gasteiger partial charge in [-0.2, -0.15) is 26.3 Å². The minimum absolute atomic E-state index is 0.0158. The summed E-state index contributed by atoms with van der Waals surface area (Å²) in [6, 6.07) is 3.08. The number of aliphatic hydroxyl groups excluding tert-OH is 1. The molecule has 0 bridgehead atoms. The Morgan fingerprint density at radius 1 is 1.10 bits per heavy atom. The largest absolute Gasteiger partial charge is 0.420 e. The monoisotopic (exact) mass is 566 g/mol. The first-order chi connectivity index (χ1) is 18.1. The third-order valence-electron chi connectivity index (χ3n) is 6.03. The summed E-state index contributed by atoms with van der Waals surface area (Å²) in [5.41, 5.74) is -5.22. The zero-order chi connectivity index (χ0) is 29.3. The summed E-state index contributed by atoms with van der Waals surface area (Å²) in [4.78, 5) is 28.4. The van der Waals surface area contributed by atoms with Crippen LogP contribution in [0, 0.1) is 12.7 Å². The Balaban J connectivity index is 2.15. The Morgan fingerprint density at radius 2 is 1.69 bits per heavy atom. The number of hydrogen-bond donors (Lipinski definition) is 2. The molecule has 1 atom stereocenters. The molecule has 1 aliphatic heterocycles. The molecule has 0 aliphatic carbocycles. The van der Waals surface area contributed by atoms with Gasteiger partial charge >= 0.3 is 24.5 Å². The first kappa shape index (κ1) is 30.0. The molecule has 214 valence electrons. The molecule has 0 aromatic heterocycles. The smallest absolute Gasteiger partial charge is 0.407 e. The van der Waals surface area contributed by atoms with Crippen LogP contribution in [0.1, 0.15) is 16.7 Å². The summed E-state index contributed by atoms with van der Waals surface area (Å²) in [5.74, 6) is -1.95. The molecule has 1 aliphatic rings. The number of rotatable bonds is 7. The van der Waals surface area contributed by atoms with Gasteiger partial charge in [0.15, 0.2) is 5.75 Å². The van der Waals surface area contributed by atoms with E-state index in [1.165, 1.54) is 7.05 Å². The van der Waals surface area contributed by atoms with Gasteiger partial charge in [-0.1, -0.05) is 0 Å². The van der Waals surface area contributed by atoms with Crippen LogP contribution in [0.4, 0.5) is 51.7 Å². The Hall–Kier alpha value is -3.59. The molecule has 39 heavy (non-hydrogen) atoms. The normalized spacial score (nSPS) is 15.1. The second-order valence-electron chi connectivity index (χ2n) is 8.77. The van der Waals surface area contributed by atoms with E-state index in [4.69, 9.17) is 4.74 Å². The number of nitrogens with one attached hydrogen (secondary N) is 1. The van der Waals surface area contributed by atoms with Crippen molar-refractivity contribution in [2.75, 3.05) is 50.1 Å². The van der Waals surface area contributed by atoms with E-state index in [-0.39, 0.29) is 37.9 Å². The van der Waals surface area contributed by atoms with Crippen LogP contribution < -0.4 is 19.9 Å². The third-order valence-corrected chi connectivity index (χ3v) is 6.03. The Kier molecular flexibility index (Phi) is 8.65. The SMILES string of the molecule is CNCC(O)CN1CCN(c2c(C)c(C(F)(F)F)cc(C(F)(F)F)c2OC(=O)N(C)c2ccc(F)cc2)C1=O. The van der Waals surface area contributed by atoms with Crippen LogP contribution in [-0.4, -0.2) is 68.5 Å². The van der Waals surface area contributed by atoms with Crippen LogP contribution >= 0.6 is 0 Å². The molecule has 3 rings (SSSR count). The predicted octanol–water partition coefficient (Wildman–Crippen LogP) is 4.63. The number of anilines is 2. The fraction of sp³-hybridized carbons (Fsp3) is 0.417. The molecule has 1 unspecified atom stereocenters. The number of likely N-dealkylation sites (N-methyl/N-ethyl adjacent to an activating group) is 1. The lowest BCUT2D eigenvalue weighted by Crippen LogP contribution is -2.40. The number of ether oxygens (including phenoxy) is 1. The summed E-state index contributed by atoms with van der Waals surface area (Å²) in [6.45, 7) is 0.222. The van der Waals surface area contributed by atoms with Crippen molar-refractivity contribution in [1.29, 1.82) is 0 Å². The second-order valence-corrected chi connectivity index (χ2v) is 8.77. The molecule has 0 saturated carbocycles. The number of carbonyl (C=O) groups is 2. The number of alkyl halides is 6. The van der Waals surface area contributed by atoms with Gasteiger partial charge in [-0.25, -0.2) is 14.0 Å². The number of urea groups is 1. The van der Waals surface area contributed by atoms with E-state index >= 15 is 0 Å². The van der Waals surface area contributed by atoms with Gasteiger partial charge < -0.3 is 20.1 Å². The van der Waals surface area contributed by atoms with Crippen LogP contribution in [0.2, 0.25) is 0 Å². The predicted molar refractivity (Wildman–Crippen MR) is 126 cm³/mol. The summed E-state index contributed by atoms with van der Waals surface area (Å²) in [6.07, 6.45) is -13.1. The van der Waals surface area contributed by atoms with E-state index in [1.54, 1.807) is 0 Å². The summed E-state index contributed by atoms with van der Waals surface area (Å²) < 4.78 is 102. The van der Waals surface area contributed by atoms with Gasteiger partial charge in [0.1, 0.15) is 11.4 Å². The average molecular weight is 566 g/mol. The van der Waals surface area contributed by atoms with Crippen LogP contribution in [0.5, 0.6) is 5.75 Å². The van der Waals surface area contributed by atoms with Gasteiger partial charge in [-0.15, -0.1) is 0 Å². The fourth-order valence-electron chi connectivity index (χ4n) is 4.12. The highest BCUT2D eigenvalue weighted by molar-refractivity contribution is 5.98. The van der Waals surface area contributed by atoms with Gasteiger partial charge in [-0.05, 0) is 49.9 Å². The van der Waals surface area contributed by atoms with Gasteiger partial charge in [0.05, 0.1) is 17.4 Å². The van der Waals surface area contributed by atoms with Crippen molar-refractivity contribution in [2.45, 2.75) is 25.4 Å². The fourth-order valence-corrected chi connectivity index (χ4v) is 4.12. The van der Waals surface area contributed by atoms with Crippen LogP contribution in [0.3, 0.4) is 0 Å². The first-order valence-electron chi connectivity index (χ1n) is 11.5. The van der Waals surface area contributed by atoms with E-state index in [2.05, 4.69) is 5.32 Å². The number of carbonyl (C=O) groups excluding carboxylic acids is 2. The highest BCUT2D eigenvalue weighted by Crippen LogP contribution is 2.49. The van der Waals surface area contributed by atoms with Crippen molar-refractivity contribution in [3.63, 3.8) is 0 Å².